The molecule has 0 spiro atoms. The molecule has 2 atom stereocenters. The molecule has 0 bridgehead atoms. The minimum absolute atomic E-state index is 0.0310. The summed E-state index contributed by atoms with van der Waals surface area (Å²) in [6, 6.07) is 0.337. The fourth-order valence-electron chi connectivity index (χ4n) is 3.38. The molecule has 2 fully saturated rings. The fraction of sp³-hybridized carbons (Fsp3) is 0.867. The molecule has 2 N–H and O–H groups in total. The first-order valence-corrected chi connectivity index (χ1v) is 8.79. The summed E-state index contributed by atoms with van der Waals surface area (Å²) < 4.78 is 0. The van der Waals surface area contributed by atoms with Gasteiger partial charge in [0.1, 0.15) is 0 Å². The third-order valence-electron chi connectivity index (χ3n) is 4.58. The number of aliphatic carboxylic acids is 1. The second-order valence-electron chi connectivity index (χ2n) is 5.98. The second kappa shape index (κ2) is 7.34. The van der Waals surface area contributed by atoms with Crippen molar-refractivity contribution in [1.29, 1.82) is 0 Å². The quantitative estimate of drug-likeness (QED) is 0.819. The summed E-state index contributed by atoms with van der Waals surface area (Å²) in [6.45, 7) is 2.18. The molecule has 0 saturated heterocycles. The van der Waals surface area contributed by atoms with Gasteiger partial charge in [-0.05, 0) is 50.7 Å². The lowest BCUT2D eigenvalue weighted by Crippen LogP contribution is -2.39. The van der Waals surface area contributed by atoms with Crippen LogP contribution in [0.15, 0.2) is 0 Å². The van der Waals surface area contributed by atoms with Crippen LogP contribution >= 0.6 is 11.8 Å². The van der Waals surface area contributed by atoms with Gasteiger partial charge in [-0.25, -0.2) is 0 Å². The largest absolute Gasteiger partial charge is 0.481 e. The summed E-state index contributed by atoms with van der Waals surface area (Å²) in [5, 5.41) is 12.9. The number of carbonyl (C=O) groups excluding carboxylic acids is 1. The minimum atomic E-state index is -0.709. The predicted molar refractivity (Wildman–Crippen MR) is 80.8 cm³/mol. The van der Waals surface area contributed by atoms with Gasteiger partial charge in [-0.3, -0.25) is 9.59 Å². The van der Waals surface area contributed by atoms with Gasteiger partial charge >= 0.3 is 5.97 Å². The number of rotatable bonds is 5. The average Bonchev–Trinajstić information content (AvgIpc) is 2.86. The molecule has 0 aromatic rings. The van der Waals surface area contributed by atoms with Gasteiger partial charge in [-0.1, -0.05) is 6.92 Å². The zero-order valence-electron chi connectivity index (χ0n) is 12.1. The van der Waals surface area contributed by atoms with Gasteiger partial charge in [0, 0.05) is 17.2 Å². The number of carbonyl (C=O) groups is 2. The Balaban J connectivity index is 1.72. The highest BCUT2D eigenvalue weighted by molar-refractivity contribution is 7.99. The lowest BCUT2D eigenvalue weighted by atomic mass is 9.81. The van der Waals surface area contributed by atoms with Crippen LogP contribution in [0.4, 0.5) is 0 Å². The third-order valence-corrected chi connectivity index (χ3v) is 5.81. The monoisotopic (exact) mass is 299 g/mol. The number of hydrogen-bond acceptors (Lipinski definition) is 3. The zero-order valence-corrected chi connectivity index (χ0v) is 13.0. The van der Waals surface area contributed by atoms with Crippen molar-refractivity contribution in [2.45, 2.75) is 63.2 Å². The van der Waals surface area contributed by atoms with E-state index < -0.39 is 5.97 Å². The standard InChI is InChI=1S/C15H25NO3S/c1-2-20-13-8-7-12(9-13)16-14(17)10-3-5-11(6-4-10)15(18)19/h10-13H,2-9H2,1H3,(H,16,17)(H,18,19). The predicted octanol–water partition coefficient (Wildman–Crippen LogP) is 2.67. The molecule has 0 radical (unpaired) electrons. The Labute approximate surface area is 125 Å². The minimum Gasteiger partial charge on any atom is -0.481 e. The molecule has 1 amide bonds. The lowest BCUT2D eigenvalue weighted by Gasteiger charge is -2.26. The number of thioether (sulfide) groups is 1. The van der Waals surface area contributed by atoms with Crippen molar-refractivity contribution in [3.05, 3.63) is 0 Å². The molecule has 0 aromatic heterocycles. The first-order chi connectivity index (χ1) is 9.60. The van der Waals surface area contributed by atoms with Crippen molar-refractivity contribution in [1.82, 2.24) is 5.32 Å². The highest BCUT2D eigenvalue weighted by Gasteiger charge is 2.32. The van der Waals surface area contributed by atoms with Crippen LogP contribution in [0.3, 0.4) is 0 Å². The van der Waals surface area contributed by atoms with Gasteiger partial charge in [-0.2, -0.15) is 11.8 Å². The van der Waals surface area contributed by atoms with Crippen LogP contribution in [0, 0.1) is 11.8 Å². The Morgan fingerprint density at radius 1 is 1.10 bits per heavy atom. The Morgan fingerprint density at radius 3 is 2.35 bits per heavy atom. The van der Waals surface area contributed by atoms with E-state index in [1.165, 1.54) is 6.42 Å². The summed E-state index contributed by atoms with van der Waals surface area (Å²) in [5.74, 6) is 0.379. The van der Waals surface area contributed by atoms with Gasteiger partial charge in [0.15, 0.2) is 0 Å². The van der Waals surface area contributed by atoms with E-state index in [1.807, 2.05) is 11.8 Å². The van der Waals surface area contributed by atoms with Gasteiger partial charge < -0.3 is 10.4 Å². The summed E-state index contributed by atoms with van der Waals surface area (Å²) in [5.41, 5.74) is 0. The fourth-order valence-corrected chi connectivity index (χ4v) is 4.52. The number of carboxylic acid groups (broad SMARTS) is 1. The third kappa shape index (κ3) is 4.14. The molecule has 0 heterocycles. The maximum absolute atomic E-state index is 12.2. The Hall–Kier alpha value is -0.710. The SMILES string of the molecule is CCSC1CCC(NC(=O)C2CCC(C(=O)O)CC2)C1. The van der Waals surface area contributed by atoms with Crippen molar-refractivity contribution in [2.75, 3.05) is 5.75 Å². The topological polar surface area (TPSA) is 66.4 Å². The van der Waals surface area contributed by atoms with Crippen molar-refractivity contribution in [2.24, 2.45) is 11.8 Å². The van der Waals surface area contributed by atoms with Crippen LogP contribution < -0.4 is 5.32 Å². The van der Waals surface area contributed by atoms with E-state index in [0.29, 0.717) is 24.1 Å². The van der Waals surface area contributed by atoms with Crippen molar-refractivity contribution < 1.29 is 14.7 Å². The number of hydrogen-bond donors (Lipinski definition) is 2. The van der Waals surface area contributed by atoms with E-state index >= 15 is 0 Å². The molecule has 5 heteroatoms. The first-order valence-electron chi connectivity index (χ1n) is 7.75. The lowest BCUT2D eigenvalue weighted by molar-refractivity contribution is -0.144. The molecule has 4 nitrogen and oxygen atoms in total. The van der Waals surface area contributed by atoms with Crippen molar-refractivity contribution in [3.63, 3.8) is 0 Å². The van der Waals surface area contributed by atoms with E-state index in [4.69, 9.17) is 5.11 Å². The van der Waals surface area contributed by atoms with Crippen LogP contribution in [0.25, 0.3) is 0 Å². The molecule has 0 aromatic carbocycles. The van der Waals surface area contributed by atoms with E-state index in [2.05, 4.69) is 12.2 Å². The summed E-state index contributed by atoms with van der Waals surface area (Å²) in [6.07, 6.45) is 6.13. The molecule has 2 unspecified atom stereocenters. The highest BCUT2D eigenvalue weighted by atomic mass is 32.2. The molecule has 2 aliphatic carbocycles. The summed E-state index contributed by atoms with van der Waals surface area (Å²) >= 11 is 1.99. The van der Waals surface area contributed by atoms with Crippen molar-refractivity contribution in [3.8, 4) is 0 Å². The molecule has 2 rings (SSSR count). The molecule has 2 aliphatic rings. The number of amides is 1. The normalized spacial score (nSPS) is 33.9. The zero-order chi connectivity index (χ0) is 14.5. The van der Waals surface area contributed by atoms with Crippen molar-refractivity contribution >= 4 is 23.6 Å². The number of carboxylic acids is 1. The molecule has 114 valence electrons. The summed E-state index contributed by atoms with van der Waals surface area (Å²) in [4.78, 5) is 23.1. The van der Waals surface area contributed by atoms with Gasteiger partial charge in [-0.15, -0.1) is 0 Å². The van der Waals surface area contributed by atoms with E-state index in [-0.39, 0.29) is 17.7 Å². The molecule has 2 saturated carbocycles. The Morgan fingerprint density at radius 2 is 1.75 bits per heavy atom. The maximum Gasteiger partial charge on any atom is 0.306 e. The molecule has 0 aliphatic heterocycles. The molecule has 20 heavy (non-hydrogen) atoms. The highest BCUT2D eigenvalue weighted by Crippen LogP contribution is 2.32. The van der Waals surface area contributed by atoms with Crippen LogP contribution in [0.5, 0.6) is 0 Å². The van der Waals surface area contributed by atoms with Crippen LogP contribution in [-0.2, 0) is 9.59 Å². The molecular formula is C15H25NO3S. The van der Waals surface area contributed by atoms with Gasteiger partial charge in [0.2, 0.25) is 5.91 Å². The molecular weight excluding hydrogens is 274 g/mol. The maximum atomic E-state index is 12.2. The van der Waals surface area contributed by atoms with E-state index in [1.54, 1.807) is 0 Å². The Bertz CT molecular complexity index is 353. The second-order valence-corrected chi connectivity index (χ2v) is 7.56. The smallest absolute Gasteiger partial charge is 0.306 e. The average molecular weight is 299 g/mol. The summed E-state index contributed by atoms with van der Waals surface area (Å²) in [7, 11) is 0. The van der Waals surface area contributed by atoms with E-state index in [9.17, 15) is 9.59 Å². The van der Waals surface area contributed by atoms with Gasteiger partial charge in [0.05, 0.1) is 5.92 Å². The Kier molecular flexibility index (Phi) is 5.75. The van der Waals surface area contributed by atoms with Crippen LogP contribution in [0.2, 0.25) is 0 Å². The van der Waals surface area contributed by atoms with Crippen LogP contribution in [0.1, 0.15) is 51.9 Å². The van der Waals surface area contributed by atoms with E-state index in [0.717, 1.165) is 31.4 Å². The first kappa shape index (κ1) is 15.7. The number of nitrogens with one attached hydrogen (secondary N) is 1. The van der Waals surface area contributed by atoms with Gasteiger partial charge in [0.25, 0.3) is 0 Å². The van der Waals surface area contributed by atoms with Crippen LogP contribution in [-0.4, -0.2) is 34.0 Å².